The van der Waals surface area contributed by atoms with E-state index in [1.165, 1.54) is 25.7 Å². The van der Waals surface area contributed by atoms with Crippen LogP contribution in [0.15, 0.2) is 23.3 Å². The van der Waals surface area contributed by atoms with Gasteiger partial charge in [0.1, 0.15) is 11.4 Å². The lowest BCUT2D eigenvalue weighted by Crippen LogP contribution is -2.42. The first-order valence-corrected chi connectivity index (χ1v) is 10.5. The van der Waals surface area contributed by atoms with Crippen LogP contribution in [0, 0.1) is 0 Å². The highest BCUT2D eigenvalue weighted by Crippen LogP contribution is 2.17. The Labute approximate surface area is 197 Å². The minimum atomic E-state index is -0.494. The number of amides is 1. The minimum Gasteiger partial charge on any atom is -0.444 e. The molecule has 0 spiro atoms. The molecule has 0 aliphatic carbocycles. The molecule has 9 heteroatoms. The summed E-state index contributed by atoms with van der Waals surface area (Å²) >= 11 is 0. The smallest absolute Gasteiger partial charge is 0.407 e. The van der Waals surface area contributed by atoms with E-state index in [-0.39, 0.29) is 24.0 Å². The van der Waals surface area contributed by atoms with Crippen LogP contribution in [0.4, 0.5) is 10.6 Å². The second-order valence-electron chi connectivity index (χ2n) is 8.21. The Morgan fingerprint density at radius 1 is 1.10 bits per heavy atom. The summed E-state index contributed by atoms with van der Waals surface area (Å²) in [7, 11) is 1.72. The Kier molecular flexibility index (Phi) is 11.8. The van der Waals surface area contributed by atoms with Crippen molar-refractivity contribution in [2.75, 3.05) is 38.1 Å². The van der Waals surface area contributed by atoms with Gasteiger partial charge in [0.25, 0.3) is 0 Å². The number of nitrogens with one attached hydrogen (secondary N) is 3. The first-order valence-electron chi connectivity index (χ1n) is 10.5. The molecular formula is C21H37IN6O2. The summed E-state index contributed by atoms with van der Waals surface area (Å²) in [5.74, 6) is 1.74. The number of hydrogen-bond donors (Lipinski definition) is 3. The van der Waals surface area contributed by atoms with E-state index in [1.54, 1.807) is 7.05 Å². The van der Waals surface area contributed by atoms with Crippen LogP contribution >= 0.6 is 24.0 Å². The maximum Gasteiger partial charge on any atom is 0.407 e. The Hall–Kier alpha value is -1.78. The number of anilines is 1. The van der Waals surface area contributed by atoms with Gasteiger partial charge in [-0.2, -0.15) is 0 Å². The normalized spacial score (nSPS) is 14.9. The van der Waals surface area contributed by atoms with Gasteiger partial charge >= 0.3 is 6.09 Å². The van der Waals surface area contributed by atoms with Crippen LogP contribution in [0.5, 0.6) is 0 Å². The predicted octanol–water partition coefficient (Wildman–Crippen LogP) is 3.27. The zero-order valence-corrected chi connectivity index (χ0v) is 21.0. The summed E-state index contributed by atoms with van der Waals surface area (Å²) < 4.78 is 5.20. The van der Waals surface area contributed by atoms with E-state index in [2.05, 4.69) is 43.0 Å². The van der Waals surface area contributed by atoms with E-state index >= 15 is 0 Å². The molecule has 0 unspecified atom stereocenters. The molecule has 0 bridgehead atoms. The van der Waals surface area contributed by atoms with E-state index in [0.717, 1.165) is 24.5 Å². The Morgan fingerprint density at radius 2 is 1.77 bits per heavy atom. The quantitative estimate of drug-likeness (QED) is 0.226. The highest BCUT2D eigenvalue weighted by molar-refractivity contribution is 14.0. The zero-order valence-electron chi connectivity index (χ0n) is 18.7. The van der Waals surface area contributed by atoms with E-state index < -0.39 is 11.7 Å². The number of alkyl carbamates (subject to hydrolysis) is 1. The monoisotopic (exact) mass is 532 g/mol. The van der Waals surface area contributed by atoms with Crippen molar-refractivity contribution in [1.29, 1.82) is 0 Å². The van der Waals surface area contributed by atoms with Gasteiger partial charge < -0.3 is 25.6 Å². The van der Waals surface area contributed by atoms with Crippen LogP contribution in [0.25, 0.3) is 0 Å². The van der Waals surface area contributed by atoms with Crippen molar-refractivity contribution in [1.82, 2.24) is 20.9 Å². The van der Waals surface area contributed by atoms with Crippen molar-refractivity contribution >= 4 is 41.8 Å². The molecule has 3 N–H and O–H groups in total. The third-order valence-electron chi connectivity index (χ3n) is 4.51. The largest absolute Gasteiger partial charge is 0.444 e. The molecule has 1 fully saturated rings. The SMILES string of the molecule is CN=C(NCCNC(=O)OC(C)(C)C)NCc1ccc(N2CCCCCC2)nc1.I. The number of guanidine groups is 1. The number of pyridine rings is 1. The molecule has 2 heterocycles. The van der Waals surface area contributed by atoms with Gasteiger partial charge in [-0.05, 0) is 45.2 Å². The lowest BCUT2D eigenvalue weighted by Gasteiger charge is -2.21. The lowest BCUT2D eigenvalue weighted by atomic mass is 10.2. The van der Waals surface area contributed by atoms with Gasteiger partial charge in [0, 0.05) is 46.0 Å². The summed E-state index contributed by atoms with van der Waals surface area (Å²) in [6.45, 7) is 9.33. The third kappa shape index (κ3) is 10.3. The molecule has 0 atom stereocenters. The zero-order chi connectivity index (χ0) is 21.1. The van der Waals surface area contributed by atoms with E-state index in [0.29, 0.717) is 25.6 Å². The fourth-order valence-corrected chi connectivity index (χ4v) is 3.07. The summed E-state index contributed by atoms with van der Waals surface area (Å²) in [4.78, 5) is 22.8. The number of halogens is 1. The maximum atomic E-state index is 11.6. The van der Waals surface area contributed by atoms with Crippen molar-refractivity contribution in [3.05, 3.63) is 23.9 Å². The molecule has 1 aromatic rings. The molecule has 0 radical (unpaired) electrons. The molecule has 30 heavy (non-hydrogen) atoms. The molecular weight excluding hydrogens is 495 g/mol. The van der Waals surface area contributed by atoms with Crippen LogP contribution in [-0.4, -0.2) is 55.9 Å². The van der Waals surface area contributed by atoms with Crippen LogP contribution in [0.2, 0.25) is 0 Å². The molecule has 2 rings (SSSR count). The van der Waals surface area contributed by atoms with Gasteiger partial charge in [0.15, 0.2) is 5.96 Å². The number of aromatic nitrogens is 1. The highest BCUT2D eigenvalue weighted by atomic mass is 127. The predicted molar refractivity (Wildman–Crippen MR) is 133 cm³/mol. The number of carbonyl (C=O) groups is 1. The molecule has 8 nitrogen and oxygen atoms in total. The summed E-state index contributed by atoms with van der Waals surface area (Å²) in [5, 5.41) is 9.14. The van der Waals surface area contributed by atoms with Crippen LogP contribution in [-0.2, 0) is 11.3 Å². The van der Waals surface area contributed by atoms with Gasteiger partial charge in [-0.1, -0.05) is 18.9 Å². The molecule has 170 valence electrons. The average Bonchev–Trinajstić information content (AvgIpc) is 2.96. The standard InChI is InChI=1S/C21H36N6O2.HI/c1-21(2,3)29-20(28)24-12-11-23-19(22-4)26-16-17-9-10-18(25-15-17)27-13-7-5-6-8-14-27;/h9-10,15H,5-8,11-14,16H2,1-4H3,(H,24,28)(H2,22,23,26);1H. The maximum absolute atomic E-state index is 11.6. The Morgan fingerprint density at radius 3 is 2.33 bits per heavy atom. The van der Waals surface area contributed by atoms with Gasteiger partial charge in [-0.25, -0.2) is 9.78 Å². The average molecular weight is 532 g/mol. The van der Waals surface area contributed by atoms with Crippen LogP contribution in [0.3, 0.4) is 0 Å². The number of aliphatic imine (C=N–C) groups is 1. The molecule has 1 aliphatic rings. The number of ether oxygens (including phenoxy) is 1. The Balaban J connectivity index is 0.00000450. The van der Waals surface area contributed by atoms with Crippen molar-refractivity contribution < 1.29 is 9.53 Å². The van der Waals surface area contributed by atoms with Gasteiger partial charge in [-0.15, -0.1) is 24.0 Å². The second kappa shape index (κ2) is 13.5. The van der Waals surface area contributed by atoms with Crippen LogP contribution in [0.1, 0.15) is 52.0 Å². The van der Waals surface area contributed by atoms with Crippen molar-refractivity contribution in [3.8, 4) is 0 Å². The first-order chi connectivity index (χ1) is 13.9. The van der Waals surface area contributed by atoms with Gasteiger partial charge in [0.05, 0.1) is 0 Å². The molecule has 0 aromatic carbocycles. The molecule has 0 saturated carbocycles. The lowest BCUT2D eigenvalue weighted by molar-refractivity contribution is 0.0529. The minimum absolute atomic E-state index is 0. The van der Waals surface area contributed by atoms with Crippen molar-refractivity contribution in [2.45, 2.75) is 58.6 Å². The molecule has 1 amide bonds. The van der Waals surface area contributed by atoms with Gasteiger partial charge in [0.2, 0.25) is 0 Å². The number of carbonyl (C=O) groups excluding carboxylic acids is 1. The third-order valence-corrected chi connectivity index (χ3v) is 4.51. The van der Waals surface area contributed by atoms with Crippen molar-refractivity contribution in [3.63, 3.8) is 0 Å². The summed E-state index contributed by atoms with van der Waals surface area (Å²) in [6, 6.07) is 4.21. The topological polar surface area (TPSA) is 90.9 Å². The highest BCUT2D eigenvalue weighted by Gasteiger charge is 2.15. The second-order valence-corrected chi connectivity index (χ2v) is 8.21. The number of rotatable bonds is 6. The summed E-state index contributed by atoms with van der Waals surface area (Å²) in [5.41, 5.74) is 0.602. The van der Waals surface area contributed by atoms with E-state index in [1.807, 2.05) is 27.0 Å². The molecule has 1 saturated heterocycles. The van der Waals surface area contributed by atoms with Gasteiger partial charge in [-0.3, -0.25) is 4.99 Å². The molecule has 1 aliphatic heterocycles. The Bertz CT molecular complexity index is 652. The number of hydrogen-bond acceptors (Lipinski definition) is 5. The van der Waals surface area contributed by atoms with E-state index in [9.17, 15) is 4.79 Å². The fraction of sp³-hybridized carbons (Fsp3) is 0.667. The fourth-order valence-electron chi connectivity index (χ4n) is 3.07. The summed E-state index contributed by atoms with van der Waals surface area (Å²) in [6.07, 6.45) is 6.63. The van der Waals surface area contributed by atoms with Crippen molar-refractivity contribution in [2.24, 2.45) is 4.99 Å². The van der Waals surface area contributed by atoms with Crippen LogP contribution < -0.4 is 20.9 Å². The number of nitrogens with zero attached hydrogens (tertiary/aromatic N) is 3. The molecule has 1 aromatic heterocycles. The first kappa shape index (κ1) is 26.3. The van der Waals surface area contributed by atoms with E-state index in [4.69, 9.17) is 4.74 Å².